The monoisotopic (exact) mass is 186 g/mol. The zero-order valence-corrected chi connectivity index (χ0v) is 8.45. The number of aliphatic hydroxyl groups is 2. The van der Waals surface area contributed by atoms with E-state index in [0.717, 1.165) is 5.57 Å². The molecule has 76 valence electrons. The van der Waals surface area contributed by atoms with E-state index in [9.17, 15) is 9.90 Å². The average molecular weight is 186 g/mol. The summed E-state index contributed by atoms with van der Waals surface area (Å²) < 4.78 is 0. The molecule has 0 aromatic carbocycles. The first-order valence-electron chi connectivity index (χ1n) is 4.44. The highest BCUT2D eigenvalue weighted by Crippen LogP contribution is 2.08. The van der Waals surface area contributed by atoms with Crippen LogP contribution in [0.3, 0.4) is 0 Å². The van der Waals surface area contributed by atoms with Gasteiger partial charge in [0.15, 0.2) is 0 Å². The molecule has 13 heavy (non-hydrogen) atoms. The molecule has 0 amide bonds. The maximum absolute atomic E-state index is 11.3. The van der Waals surface area contributed by atoms with E-state index in [4.69, 9.17) is 5.11 Å². The van der Waals surface area contributed by atoms with Crippen molar-refractivity contribution < 1.29 is 15.0 Å². The predicted octanol–water partition coefficient (Wildman–Crippen LogP) is 0.901. The SMILES string of the molecule is CC(C)=CCC(=O)C(C)C(O)CO. The van der Waals surface area contributed by atoms with Crippen molar-refractivity contribution >= 4 is 5.78 Å². The number of carbonyl (C=O) groups excluding carboxylic acids is 1. The summed E-state index contributed by atoms with van der Waals surface area (Å²) in [6.45, 7) is 5.10. The Labute approximate surface area is 79.1 Å². The quantitative estimate of drug-likeness (QED) is 0.627. The van der Waals surface area contributed by atoms with Crippen molar-refractivity contribution in [3.8, 4) is 0 Å². The van der Waals surface area contributed by atoms with Crippen LogP contribution in [0, 0.1) is 5.92 Å². The lowest BCUT2D eigenvalue weighted by Crippen LogP contribution is -2.28. The summed E-state index contributed by atoms with van der Waals surface area (Å²) in [4.78, 5) is 11.3. The van der Waals surface area contributed by atoms with Crippen LogP contribution in [-0.2, 0) is 4.79 Å². The Morgan fingerprint density at radius 3 is 2.38 bits per heavy atom. The standard InChI is InChI=1S/C10H18O3/c1-7(2)4-5-9(12)8(3)10(13)6-11/h4,8,10-11,13H,5-6H2,1-3H3. The fourth-order valence-corrected chi connectivity index (χ4v) is 0.863. The number of ketones is 1. The van der Waals surface area contributed by atoms with Crippen molar-refractivity contribution in [3.05, 3.63) is 11.6 Å². The molecule has 0 radical (unpaired) electrons. The first-order valence-corrected chi connectivity index (χ1v) is 4.44. The van der Waals surface area contributed by atoms with E-state index in [1.807, 2.05) is 19.9 Å². The number of Topliss-reactive ketones (excluding diaryl/α,β-unsaturated/α-hetero) is 1. The van der Waals surface area contributed by atoms with Gasteiger partial charge in [0.05, 0.1) is 12.7 Å². The Balaban J connectivity index is 4.04. The van der Waals surface area contributed by atoms with E-state index < -0.39 is 12.0 Å². The highest BCUT2D eigenvalue weighted by molar-refractivity contribution is 5.82. The van der Waals surface area contributed by atoms with Gasteiger partial charge in [0.2, 0.25) is 0 Å². The van der Waals surface area contributed by atoms with Crippen molar-refractivity contribution in [3.63, 3.8) is 0 Å². The van der Waals surface area contributed by atoms with Crippen molar-refractivity contribution in [2.45, 2.75) is 33.3 Å². The van der Waals surface area contributed by atoms with Crippen molar-refractivity contribution in [1.82, 2.24) is 0 Å². The Morgan fingerprint density at radius 1 is 1.46 bits per heavy atom. The zero-order chi connectivity index (χ0) is 10.4. The van der Waals surface area contributed by atoms with E-state index in [-0.39, 0.29) is 12.4 Å². The fourth-order valence-electron chi connectivity index (χ4n) is 0.863. The van der Waals surface area contributed by atoms with Gasteiger partial charge in [-0.25, -0.2) is 0 Å². The van der Waals surface area contributed by atoms with E-state index in [1.54, 1.807) is 6.92 Å². The summed E-state index contributed by atoms with van der Waals surface area (Å²) in [5.74, 6) is -0.525. The average Bonchev–Trinajstić information content (AvgIpc) is 2.11. The van der Waals surface area contributed by atoms with E-state index in [1.165, 1.54) is 0 Å². The number of allylic oxidation sites excluding steroid dienone is 2. The van der Waals surface area contributed by atoms with Gasteiger partial charge in [-0.1, -0.05) is 18.6 Å². The lowest BCUT2D eigenvalue weighted by Gasteiger charge is -2.14. The van der Waals surface area contributed by atoms with Crippen LogP contribution in [-0.4, -0.2) is 28.7 Å². The van der Waals surface area contributed by atoms with E-state index in [0.29, 0.717) is 6.42 Å². The molecule has 0 aromatic heterocycles. The summed E-state index contributed by atoms with van der Waals surface area (Å²) in [6, 6.07) is 0. The van der Waals surface area contributed by atoms with Gasteiger partial charge in [0.25, 0.3) is 0 Å². The van der Waals surface area contributed by atoms with Gasteiger partial charge < -0.3 is 10.2 Å². The Bertz CT molecular complexity index is 192. The van der Waals surface area contributed by atoms with Gasteiger partial charge in [-0.05, 0) is 13.8 Å². The number of rotatable bonds is 5. The second kappa shape index (κ2) is 5.89. The molecule has 0 fully saturated rings. The molecule has 2 atom stereocenters. The molecule has 2 N–H and O–H groups in total. The van der Waals surface area contributed by atoms with Gasteiger partial charge in [0, 0.05) is 12.3 Å². The van der Waals surface area contributed by atoms with E-state index in [2.05, 4.69) is 0 Å². The number of carbonyl (C=O) groups is 1. The van der Waals surface area contributed by atoms with Crippen LogP contribution in [0.4, 0.5) is 0 Å². The summed E-state index contributed by atoms with van der Waals surface area (Å²) in [7, 11) is 0. The molecule has 3 nitrogen and oxygen atoms in total. The summed E-state index contributed by atoms with van der Waals surface area (Å²) in [5.41, 5.74) is 1.08. The summed E-state index contributed by atoms with van der Waals surface area (Å²) >= 11 is 0. The molecule has 0 rings (SSSR count). The van der Waals surface area contributed by atoms with Crippen LogP contribution < -0.4 is 0 Å². The minimum atomic E-state index is -0.932. The molecule has 0 saturated heterocycles. The Morgan fingerprint density at radius 2 is 2.00 bits per heavy atom. The topological polar surface area (TPSA) is 57.5 Å². The maximum Gasteiger partial charge on any atom is 0.142 e. The third kappa shape index (κ3) is 4.80. The normalized spacial score (nSPS) is 14.8. The molecule has 0 aliphatic heterocycles. The second-order valence-corrected chi connectivity index (χ2v) is 3.49. The number of hydrogen-bond acceptors (Lipinski definition) is 3. The van der Waals surface area contributed by atoms with Crippen LogP contribution in [0.25, 0.3) is 0 Å². The highest BCUT2D eigenvalue weighted by atomic mass is 16.3. The van der Waals surface area contributed by atoms with E-state index >= 15 is 0 Å². The van der Waals surface area contributed by atoms with Gasteiger partial charge in [-0.15, -0.1) is 0 Å². The van der Waals surface area contributed by atoms with Crippen molar-refractivity contribution in [1.29, 1.82) is 0 Å². The van der Waals surface area contributed by atoms with Crippen molar-refractivity contribution in [2.24, 2.45) is 5.92 Å². The molecule has 0 heterocycles. The first-order chi connectivity index (χ1) is 5.99. The number of aliphatic hydroxyl groups excluding tert-OH is 2. The van der Waals surface area contributed by atoms with Crippen LogP contribution in [0.2, 0.25) is 0 Å². The van der Waals surface area contributed by atoms with Crippen LogP contribution in [0.15, 0.2) is 11.6 Å². The number of hydrogen-bond donors (Lipinski definition) is 2. The molecule has 0 spiro atoms. The second-order valence-electron chi connectivity index (χ2n) is 3.49. The molecular formula is C10H18O3. The largest absolute Gasteiger partial charge is 0.394 e. The van der Waals surface area contributed by atoms with Gasteiger partial charge in [-0.3, -0.25) is 4.79 Å². The fraction of sp³-hybridized carbons (Fsp3) is 0.700. The molecule has 2 unspecified atom stereocenters. The minimum Gasteiger partial charge on any atom is -0.394 e. The molecule has 0 aromatic rings. The zero-order valence-electron chi connectivity index (χ0n) is 8.45. The predicted molar refractivity (Wildman–Crippen MR) is 51.3 cm³/mol. The molecule has 0 aliphatic carbocycles. The van der Waals surface area contributed by atoms with Crippen LogP contribution in [0.5, 0.6) is 0 Å². The van der Waals surface area contributed by atoms with Crippen LogP contribution >= 0.6 is 0 Å². The van der Waals surface area contributed by atoms with Crippen LogP contribution in [0.1, 0.15) is 27.2 Å². The van der Waals surface area contributed by atoms with Gasteiger partial charge in [-0.2, -0.15) is 0 Å². The summed E-state index contributed by atoms with van der Waals surface area (Å²) in [5, 5.41) is 17.8. The molecular weight excluding hydrogens is 168 g/mol. The molecule has 0 saturated carbocycles. The third-order valence-electron chi connectivity index (χ3n) is 1.98. The molecule has 0 bridgehead atoms. The lowest BCUT2D eigenvalue weighted by atomic mass is 9.97. The first kappa shape index (κ1) is 12.3. The maximum atomic E-state index is 11.3. The minimum absolute atomic E-state index is 0.0391. The lowest BCUT2D eigenvalue weighted by molar-refractivity contribution is -0.125. The molecule has 3 heteroatoms. The summed E-state index contributed by atoms with van der Waals surface area (Å²) in [6.07, 6.45) is 1.22. The highest BCUT2D eigenvalue weighted by Gasteiger charge is 2.19. The van der Waals surface area contributed by atoms with Gasteiger partial charge >= 0.3 is 0 Å². The third-order valence-corrected chi connectivity index (χ3v) is 1.98. The smallest absolute Gasteiger partial charge is 0.142 e. The Kier molecular flexibility index (Phi) is 5.58. The Hall–Kier alpha value is -0.670. The van der Waals surface area contributed by atoms with Crippen molar-refractivity contribution in [2.75, 3.05) is 6.61 Å². The molecule has 0 aliphatic rings. The van der Waals surface area contributed by atoms with Gasteiger partial charge in [0.1, 0.15) is 5.78 Å².